The van der Waals surface area contributed by atoms with Gasteiger partial charge in [0.1, 0.15) is 11.6 Å². The zero-order chi connectivity index (χ0) is 19.2. The number of ether oxygens (including phenoxy) is 2. The molecule has 2 aromatic rings. The van der Waals surface area contributed by atoms with Crippen molar-refractivity contribution < 1.29 is 19.1 Å². The molecule has 0 radical (unpaired) electrons. The highest BCUT2D eigenvalue weighted by Gasteiger charge is 2.27. The van der Waals surface area contributed by atoms with Crippen molar-refractivity contribution in [1.82, 2.24) is 4.98 Å². The quantitative estimate of drug-likeness (QED) is 0.576. The molecular formula is C20H24N2O4S. The number of fused-ring (bicyclic) bond motifs is 1. The van der Waals surface area contributed by atoms with Crippen molar-refractivity contribution in [2.24, 2.45) is 0 Å². The minimum absolute atomic E-state index is 0.0898. The lowest BCUT2D eigenvalue weighted by molar-refractivity contribution is 0.0177. The SMILES string of the molecule is CC(C)OCCOC(=O)c1c(NC(=O)c2cccnc2)sc2c1CCCC2. The van der Waals surface area contributed by atoms with Gasteiger partial charge in [-0.15, -0.1) is 11.3 Å². The molecule has 1 aliphatic rings. The first-order valence-electron chi connectivity index (χ1n) is 9.21. The van der Waals surface area contributed by atoms with Crippen LogP contribution in [0.2, 0.25) is 0 Å². The van der Waals surface area contributed by atoms with Gasteiger partial charge < -0.3 is 14.8 Å². The zero-order valence-electron chi connectivity index (χ0n) is 15.6. The van der Waals surface area contributed by atoms with Gasteiger partial charge in [0, 0.05) is 17.3 Å². The second-order valence-corrected chi connectivity index (χ2v) is 7.77. The molecule has 0 bridgehead atoms. The van der Waals surface area contributed by atoms with Gasteiger partial charge in [-0.2, -0.15) is 0 Å². The molecule has 7 heteroatoms. The molecule has 1 aliphatic carbocycles. The van der Waals surface area contributed by atoms with Crippen molar-refractivity contribution in [2.75, 3.05) is 18.5 Å². The molecule has 0 saturated carbocycles. The highest BCUT2D eigenvalue weighted by atomic mass is 32.1. The van der Waals surface area contributed by atoms with E-state index in [2.05, 4.69) is 10.3 Å². The van der Waals surface area contributed by atoms with Gasteiger partial charge in [-0.1, -0.05) is 0 Å². The molecule has 2 aromatic heterocycles. The van der Waals surface area contributed by atoms with Crippen LogP contribution in [0.15, 0.2) is 24.5 Å². The fourth-order valence-electron chi connectivity index (χ4n) is 3.03. The fourth-order valence-corrected chi connectivity index (χ4v) is 4.31. The lowest BCUT2D eigenvalue weighted by atomic mass is 9.95. The molecule has 3 rings (SSSR count). The standard InChI is InChI=1S/C20H24N2O4S/c1-13(2)25-10-11-26-20(24)17-15-7-3-4-8-16(15)27-19(17)22-18(23)14-6-5-9-21-12-14/h5-6,9,12-13H,3-4,7-8,10-11H2,1-2H3,(H,22,23). The summed E-state index contributed by atoms with van der Waals surface area (Å²) in [5.41, 5.74) is 1.97. The largest absolute Gasteiger partial charge is 0.460 e. The third kappa shape index (κ3) is 4.93. The summed E-state index contributed by atoms with van der Waals surface area (Å²) in [5, 5.41) is 3.44. The number of aryl methyl sites for hydroxylation is 1. The summed E-state index contributed by atoms with van der Waals surface area (Å²) < 4.78 is 10.8. The van der Waals surface area contributed by atoms with E-state index in [1.807, 2.05) is 13.8 Å². The molecule has 6 nitrogen and oxygen atoms in total. The third-order valence-electron chi connectivity index (χ3n) is 4.29. The molecule has 0 atom stereocenters. The van der Waals surface area contributed by atoms with Crippen LogP contribution in [0.3, 0.4) is 0 Å². The monoisotopic (exact) mass is 388 g/mol. The summed E-state index contributed by atoms with van der Waals surface area (Å²) in [6.07, 6.45) is 7.11. The van der Waals surface area contributed by atoms with Gasteiger partial charge in [0.25, 0.3) is 5.91 Å². The van der Waals surface area contributed by atoms with Gasteiger partial charge in [-0.25, -0.2) is 4.79 Å². The van der Waals surface area contributed by atoms with Crippen LogP contribution in [0.4, 0.5) is 5.00 Å². The van der Waals surface area contributed by atoms with E-state index in [-0.39, 0.29) is 18.6 Å². The Morgan fingerprint density at radius 2 is 2.07 bits per heavy atom. The number of nitrogens with zero attached hydrogens (tertiary/aromatic N) is 1. The highest BCUT2D eigenvalue weighted by molar-refractivity contribution is 7.17. The molecule has 0 saturated heterocycles. The van der Waals surface area contributed by atoms with E-state index in [9.17, 15) is 9.59 Å². The van der Waals surface area contributed by atoms with Gasteiger partial charge in [-0.05, 0) is 57.2 Å². The number of hydrogen-bond acceptors (Lipinski definition) is 6. The van der Waals surface area contributed by atoms with Crippen LogP contribution in [0.5, 0.6) is 0 Å². The minimum Gasteiger partial charge on any atom is -0.460 e. The van der Waals surface area contributed by atoms with E-state index in [1.54, 1.807) is 18.3 Å². The highest BCUT2D eigenvalue weighted by Crippen LogP contribution is 2.38. The molecule has 144 valence electrons. The predicted molar refractivity (Wildman–Crippen MR) is 105 cm³/mol. The maximum atomic E-state index is 12.7. The zero-order valence-corrected chi connectivity index (χ0v) is 16.4. The van der Waals surface area contributed by atoms with Gasteiger partial charge >= 0.3 is 5.97 Å². The van der Waals surface area contributed by atoms with Crippen LogP contribution >= 0.6 is 11.3 Å². The number of hydrogen-bond donors (Lipinski definition) is 1. The number of thiophene rings is 1. The third-order valence-corrected chi connectivity index (χ3v) is 5.50. The fraction of sp³-hybridized carbons (Fsp3) is 0.450. The molecule has 2 heterocycles. The molecule has 1 amide bonds. The van der Waals surface area contributed by atoms with Crippen LogP contribution < -0.4 is 5.32 Å². The molecule has 0 spiro atoms. The summed E-state index contributed by atoms with van der Waals surface area (Å²) in [7, 11) is 0. The predicted octanol–water partition coefficient (Wildman–Crippen LogP) is 3.86. The molecule has 1 N–H and O–H groups in total. The van der Waals surface area contributed by atoms with Crippen LogP contribution in [0.25, 0.3) is 0 Å². The van der Waals surface area contributed by atoms with E-state index in [4.69, 9.17) is 9.47 Å². The molecule has 0 aliphatic heterocycles. The van der Waals surface area contributed by atoms with Gasteiger partial charge in [-0.3, -0.25) is 9.78 Å². The summed E-state index contributed by atoms with van der Waals surface area (Å²) in [6, 6.07) is 3.40. The Morgan fingerprint density at radius 1 is 1.26 bits per heavy atom. The number of carbonyl (C=O) groups excluding carboxylic acids is 2. The molecule has 0 unspecified atom stereocenters. The van der Waals surface area contributed by atoms with Crippen molar-refractivity contribution in [3.8, 4) is 0 Å². The topological polar surface area (TPSA) is 77.5 Å². The summed E-state index contributed by atoms with van der Waals surface area (Å²) in [4.78, 5) is 30.4. The molecular weight excluding hydrogens is 364 g/mol. The summed E-state index contributed by atoms with van der Waals surface area (Å²) in [5.74, 6) is -0.679. The Bertz CT molecular complexity index is 802. The Balaban J connectivity index is 1.78. The van der Waals surface area contributed by atoms with Crippen molar-refractivity contribution >= 4 is 28.2 Å². The lowest BCUT2D eigenvalue weighted by Crippen LogP contribution is -2.18. The number of amides is 1. The number of carbonyl (C=O) groups is 2. The lowest BCUT2D eigenvalue weighted by Gasteiger charge is -2.13. The Labute approximate surface area is 162 Å². The molecule has 27 heavy (non-hydrogen) atoms. The number of pyridine rings is 1. The van der Waals surface area contributed by atoms with E-state index < -0.39 is 5.97 Å². The van der Waals surface area contributed by atoms with Crippen molar-refractivity contribution in [2.45, 2.75) is 45.6 Å². The van der Waals surface area contributed by atoms with Gasteiger partial charge in [0.05, 0.1) is 23.8 Å². The van der Waals surface area contributed by atoms with Crippen LogP contribution in [0.1, 0.15) is 57.8 Å². The summed E-state index contributed by atoms with van der Waals surface area (Å²) in [6.45, 7) is 4.41. The summed E-state index contributed by atoms with van der Waals surface area (Å²) >= 11 is 1.47. The smallest absolute Gasteiger partial charge is 0.341 e. The van der Waals surface area contributed by atoms with Crippen molar-refractivity contribution in [3.05, 3.63) is 46.1 Å². The number of nitrogens with one attached hydrogen (secondary N) is 1. The van der Waals surface area contributed by atoms with Crippen molar-refractivity contribution in [3.63, 3.8) is 0 Å². The second kappa shape index (κ2) is 9.10. The van der Waals surface area contributed by atoms with Crippen LogP contribution in [-0.2, 0) is 22.3 Å². The van der Waals surface area contributed by atoms with E-state index >= 15 is 0 Å². The molecule has 0 aromatic carbocycles. The maximum absolute atomic E-state index is 12.7. The number of esters is 1. The van der Waals surface area contributed by atoms with Gasteiger partial charge in [0.15, 0.2) is 0 Å². The van der Waals surface area contributed by atoms with Crippen LogP contribution in [0, 0.1) is 0 Å². The van der Waals surface area contributed by atoms with E-state index in [0.29, 0.717) is 22.7 Å². The first-order chi connectivity index (χ1) is 13.1. The Morgan fingerprint density at radius 3 is 2.81 bits per heavy atom. The van der Waals surface area contributed by atoms with E-state index in [1.165, 1.54) is 17.5 Å². The van der Waals surface area contributed by atoms with Crippen LogP contribution in [-0.4, -0.2) is 36.2 Å². The number of rotatable bonds is 7. The first kappa shape index (κ1) is 19.5. The second-order valence-electron chi connectivity index (χ2n) is 6.67. The maximum Gasteiger partial charge on any atom is 0.341 e. The minimum atomic E-state index is -0.400. The first-order valence-corrected chi connectivity index (χ1v) is 10.0. The molecule has 0 fully saturated rings. The average molecular weight is 388 g/mol. The number of anilines is 1. The van der Waals surface area contributed by atoms with Gasteiger partial charge in [0.2, 0.25) is 0 Å². The Hall–Kier alpha value is -2.25. The van der Waals surface area contributed by atoms with E-state index in [0.717, 1.165) is 36.1 Å². The number of aromatic nitrogens is 1. The van der Waals surface area contributed by atoms with Crippen molar-refractivity contribution in [1.29, 1.82) is 0 Å². The Kier molecular flexibility index (Phi) is 6.58. The normalized spacial score (nSPS) is 13.3. The average Bonchev–Trinajstić information content (AvgIpc) is 3.03.